The number of nitrogens with zero attached hydrogens (tertiary/aromatic N) is 5. The molecule has 5 aliphatic rings. The fraction of sp³-hybridized carbons (Fsp3) is 0.478. The molecule has 5 aromatic rings. The normalized spacial score (nSPS) is 20.0. The molecule has 5 aliphatic carbocycles. The van der Waals surface area contributed by atoms with Crippen molar-refractivity contribution in [3.8, 4) is 23.0 Å². The van der Waals surface area contributed by atoms with Crippen LogP contribution in [0.3, 0.4) is 0 Å². The van der Waals surface area contributed by atoms with Crippen LogP contribution in [0.2, 0.25) is 5.02 Å². The molecule has 0 saturated heterocycles. The predicted octanol–water partition coefficient (Wildman–Crippen LogP) is 9.22. The molecule has 3 aromatic heterocycles. The SMILES string of the molecule is CC(C)(C#Cc1nc([C@H](Cc2cc(F)cc(F)c2)NC(=O)Cn2nc(C(F)(F)F)c3c2C(F)(F)C2C[C@H]32)c(-c2ccc(Cl)c3c(NS(=O)(=O)C4CC4)nn(CC(F)(F)F)c23)c2c1CCC2)S(=O)(=O)C1CC1. The number of aromatic nitrogens is 5. The first-order valence-electron chi connectivity index (χ1n) is 22.5. The molecule has 1 amide bonds. The van der Waals surface area contributed by atoms with Gasteiger partial charge in [-0.05, 0) is 118 Å². The molecule has 378 valence electrons. The molecule has 12 nitrogen and oxygen atoms in total. The summed E-state index contributed by atoms with van der Waals surface area (Å²) in [5, 5.41) is 8.08. The van der Waals surface area contributed by atoms with Crippen LogP contribution < -0.4 is 10.0 Å². The Kier molecular flexibility index (Phi) is 11.5. The Labute approximate surface area is 403 Å². The molecule has 0 aliphatic heterocycles. The number of alkyl halides is 8. The van der Waals surface area contributed by atoms with Crippen LogP contribution in [0.25, 0.3) is 22.0 Å². The molecular formula is C46H40ClF10N7O5S2. The minimum absolute atomic E-state index is 0.0114. The summed E-state index contributed by atoms with van der Waals surface area (Å²) in [5.41, 5.74) is -3.63. The Balaban J connectivity index is 1.20. The molecule has 71 heavy (non-hydrogen) atoms. The summed E-state index contributed by atoms with van der Waals surface area (Å²) in [5.74, 6) is -4.67. The Morgan fingerprint density at radius 3 is 2.23 bits per heavy atom. The van der Waals surface area contributed by atoms with E-state index in [0.29, 0.717) is 41.1 Å². The molecule has 3 atom stereocenters. The summed E-state index contributed by atoms with van der Waals surface area (Å²) in [6, 6.07) is 3.21. The lowest BCUT2D eigenvalue weighted by Gasteiger charge is -2.25. The number of hydrogen-bond donors (Lipinski definition) is 2. The van der Waals surface area contributed by atoms with Gasteiger partial charge in [0.2, 0.25) is 15.9 Å². The van der Waals surface area contributed by atoms with E-state index in [1.54, 1.807) is 0 Å². The van der Waals surface area contributed by atoms with Crippen LogP contribution in [0.4, 0.5) is 49.7 Å². The van der Waals surface area contributed by atoms with Gasteiger partial charge in [-0.15, -0.1) is 0 Å². The lowest BCUT2D eigenvalue weighted by Crippen LogP contribution is -2.35. The fourth-order valence-corrected chi connectivity index (χ4v) is 13.4. The van der Waals surface area contributed by atoms with Gasteiger partial charge in [-0.2, -0.15) is 45.3 Å². The Morgan fingerprint density at radius 2 is 1.59 bits per heavy atom. The fourth-order valence-electron chi connectivity index (χ4n) is 10.00. The zero-order valence-electron chi connectivity index (χ0n) is 37.3. The molecule has 0 spiro atoms. The number of anilines is 1. The highest BCUT2D eigenvalue weighted by Gasteiger charge is 2.68. The number of halogens is 11. The minimum atomic E-state index is -5.18. The molecular weight excluding hydrogens is 1020 g/mol. The van der Waals surface area contributed by atoms with Crippen molar-refractivity contribution in [2.75, 3.05) is 4.72 Å². The quantitative estimate of drug-likeness (QED) is 0.0873. The molecule has 3 fully saturated rings. The minimum Gasteiger partial charge on any atom is -0.346 e. The molecule has 2 aromatic carbocycles. The number of pyridine rings is 1. The van der Waals surface area contributed by atoms with E-state index >= 15 is 8.78 Å². The van der Waals surface area contributed by atoms with E-state index in [1.165, 1.54) is 26.0 Å². The smallest absolute Gasteiger partial charge is 0.346 e. The lowest BCUT2D eigenvalue weighted by molar-refractivity contribution is -0.142. The summed E-state index contributed by atoms with van der Waals surface area (Å²) in [6.07, 6.45) is -8.88. The highest BCUT2D eigenvalue weighted by atomic mass is 35.5. The zero-order chi connectivity index (χ0) is 51.1. The van der Waals surface area contributed by atoms with E-state index in [-0.39, 0.29) is 80.8 Å². The van der Waals surface area contributed by atoms with E-state index in [4.69, 9.17) is 16.6 Å². The maximum absolute atomic E-state index is 15.7. The van der Waals surface area contributed by atoms with E-state index in [2.05, 4.69) is 32.1 Å². The second kappa shape index (κ2) is 16.6. The zero-order valence-corrected chi connectivity index (χ0v) is 39.7. The van der Waals surface area contributed by atoms with Crippen molar-refractivity contribution < 1.29 is 65.5 Å². The summed E-state index contributed by atoms with van der Waals surface area (Å²) < 4.78 is 203. The van der Waals surface area contributed by atoms with Gasteiger partial charge in [0.25, 0.3) is 5.92 Å². The van der Waals surface area contributed by atoms with Crippen LogP contribution in [-0.4, -0.2) is 68.7 Å². The first-order valence-corrected chi connectivity index (χ1v) is 25.9. The number of carbonyl (C=O) groups excluding carboxylic acids is 1. The molecule has 1 unspecified atom stereocenters. The molecule has 3 saturated carbocycles. The van der Waals surface area contributed by atoms with Gasteiger partial charge in [0.05, 0.1) is 38.2 Å². The summed E-state index contributed by atoms with van der Waals surface area (Å²) >= 11 is 6.69. The van der Waals surface area contributed by atoms with E-state index in [1.807, 2.05) is 0 Å². The van der Waals surface area contributed by atoms with Gasteiger partial charge >= 0.3 is 12.4 Å². The first-order chi connectivity index (χ1) is 33.1. The number of fused-ring (bicyclic) bond motifs is 5. The third kappa shape index (κ3) is 8.90. The highest BCUT2D eigenvalue weighted by molar-refractivity contribution is 7.94. The van der Waals surface area contributed by atoms with Crippen molar-refractivity contribution in [3.63, 3.8) is 0 Å². The van der Waals surface area contributed by atoms with Crippen molar-refractivity contribution in [2.45, 2.75) is 130 Å². The largest absolute Gasteiger partial charge is 0.435 e. The number of rotatable bonds is 13. The van der Waals surface area contributed by atoms with Crippen LogP contribution in [0, 0.1) is 29.4 Å². The number of amides is 1. The Bertz CT molecular complexity index is 3370. The van der Waals surface area contributed by atoms with Crippen LogP contribution >= 0.6 is 11.6 Å². The molecule has 25 heteroatoms. The number of nitrogens with one attached hydrogen (secondary N) is 2. The number of benzene rings is 2. The van der Waals surface area contributed by atoms with Gasteiger partial charge < -0.3 is 5.32 Å². The van der Waals surface area contributed by atoms with E-state index < -0.39 is 131 Å². The van der Waals surface area contributed by atoms with Crippen molar-refractivity contribution in [1.29, 1.82) is 0 Å². The van der Waals surface area contributed by atoms with Gasteiger partial charge in [0.1, 0.15) is 40.9 Å². The van der Waals surface area contributed by atoms with E-state index in [9.17, 15) is 56.8 Å². The molecule has 10 rings (SSSR count). The van der Waals surface area contributed by atoms with Gasteiger partial charge in [-0.25, -0.2) is 30.6 Å². The summed E-state index contributed by atoms with van der Waals surface area (Å²) in [7, 11) is -8.01. The number of sulfone groups is 1. The first kappa shape index (κ1) is 49.2. The maximum Gasteiger partial charge on any atom is 0.435 e. The number of carbonyl (C=O) groups is 1. The van der Waals surface area contributed by atoms with Crippen molar-refractivity contribution in [1.82, 2.24) is 29.9 Å². The monoisotopic (exact) mass is 1060 g/mol. The van der Waals surface area contributed by atoms with Crippen LogP contribution in [-0.2, 0) is 69.1 Å². The van der Waals surface area contributed by atoms with Crippen molar-refractivity contribution in [3.05, 3.63) is 92.0 Å². The molecule has 0 bridgehead atoms. The van der Waals surface area contributed by atoms with Crippen LogP contribution in [0.5, 0.6) is 0 Å². The van der Waals surface area contributed by atoms with Gasteiger partial charge in [-0.3, -0.25) is 18.9 Å². The molecule has 0 radical (unpaired) electrons. The summed E-state index contributed by atoms with van der Waals surface area (Å²) in [4.78, 5) is 19.2. The van der Waals surface area contributed by atoms with Crippen LogP contribution in [0.15, 0.2) is 30.3 Å². The number of hydrogen-bond acceptors (Lipinski definition) is 8. The highest BCUT2D eigenvalue weighted by Crippen LogP contribution is 2.68. The maximum atomic E-state index is 15.7. The Hall–Kier alpha value is -5.41. The second-order valence-corrected chi connectivity index (χ2v) is 24.4. The lowest BCUT2D eigenvalue weighted by atomic mass is 9.88. The third-order valence-electron chi connectivity index (χ3n) is 13.6. The van der Waals surface area contributed by atoms with E-state index in [0.717, 1.165) is 12.1 Å². The van der Waals surface area contributed by atoms with Gasteiger partial charge in [0, 0.05) is 28.7 Å². The molecule has 3 heterocycles. The van der Waals surface area contributed by atoms with Crippen molar-refractivity contribution in [2.24, 2.45) is 5.92 Å². The molecule has 2 N–H and O–H groups in total. The number of sulfonamides is 1. The third-order valence-corrected chi connectivity index (χ3v) is 18.6. The van der Waals surface area contributed by atoms with Gasteiger partial charge in [-0.1, -0.05) is 23.6 Å². The Morgan fingerprint density at radius 1 is 0.930 bits per heavy atom. The average Bonchev–Trinajstić information content (AvgIpc) is 4.18. The predicted molar refractivity (Wildman–Crippen MR) is 237 cm³/mol. The summed E-state index contributed by atoms with van der Waals surface area (Å²) in [6.45, 7) is -0.232. The van der Waals surface area contributed by atoms with Crippen molar-refractivity contribution >= 4 is 54.1 Å². The topological polar surface area (TPSA) is 158 Å². The van der Waals surface area contributed by atoms with Gasteiger partial charge in [0.15, 0.2) is 21.3 Å². The standard InChI is InChI=1S/C46H40ClF10N7O5S2/c1-43(2,70(66,67)24-6-7-24)13-12-32-26-4-3-5-27(26)35(28-10-11-31(47)37-39(28)64(20-44(50,51)52)61-42(37)62-71(68,69)25-8-9-25)38(59-32)33(16-21-14-22(48)17-23(49)15-21)58-34(65)19-63-41-36(40(60-63)46(55,56)57)29-18-30(29)45(41,53)54/h10-11,14-15,17,24-25,29-30,33H,3-9,16,18-20H2,1-2H3,(H,58,65)(H,61,62)/t29-,30?,33-/m0/s1. The average molecular weight is 1060 g/mol. The second-order valence-electron chi connectivity index (χ2n) is 19.3. The van der Waals surface area contributed by atoms with Crippen LogP contribution in [0.1, 0.15) is 109 Å².